The fourth-order valence-corrected chi connectivity index (χ4v) is 5.72. The van der Waals surface area contributed by atoms with Crippen LogP contribution in [0.5, 0.6) is 0 Å². The number of anilines is 1. The van der Waals surface area contributed by atoms with Gasteiger partial charge in [0.25, 0.3) is 11.8 Å². The maximum atomic E-state index is 15.1. The molecule has 0 bridgehead atoms. The lowest BCUT2D eigenvalue weighted by Gasteiger charge is -2.42. The topological polar surface area (TPSA) is 103 Å². The summed E-state index contributed by atoms with van der Waals surface area (Å²) in [6.45, 7) is 2.55. The number of hydrogen-bond acceptors (Lipinski definition) is 7. The summed E-state index contributed by atoms with van der Waals surface area (Å²) < 4.78 is 16.0. The van der Waals surface area contributed by atoms with Crippen molar-refractivity contribution in [1.82, 2.24) is 25.6 Å². The largest absolute Gasteiger partial charge is 0.360 e. The Hall–Kier alpha value is -3.63. The molecule has 0 spiro atoms. The predicted molar refractivity (Wildman–Crippen MR) is 135 cm³/mol. The maximum absolute atomic E-state index is 15.1. The number of alkyl halides is 1. The molecule has 2 unspecified atom stereocenters. The average Bonchev–Trinajstić information content (AvgIpc) is 3.55. The van der Waals surface area contributed by atoms with Crippen molar-refractivity contribution in [1.29, 1.82) is 0 Å². The molecule has 10 heteroatoms. The third-order valence-corrected chi connectivity index (χ3v) is 8.09. The van der Waals surface area contributed by atoms with Gasteiger partial charge in [-0.1, -0.05) is 18.2 Å². The van der Waals surface area contributed by atoms with E-state index in [9.17, 15) is 9.59 Å². The van der Waals surface area contributed by atoms with E-state index >= 15 is 4.39 Å². The normalized spacial score (nSPS) is 23.1. The lowest BCUT2D eigenvalue weighted by atomic mass is 9.88. The van der Waals surface area contributed by atoms with E-state index < -0.39 is 23.5 Å². The van der Waals surface area contributed by atoms with E-state index in [1.165, 1.54) is 11.3 Å². The number of carbonyl (C=O) groups excluding carboxylic acids is 2. The van der Waals surface area contributed by atoms with Crippen molar-refractivity contribution >= 4 is 61.4 Å². The summed E-state index contributed by atoms with van der Waals surface area (Å²) in [5.41, 5.74) is 2.41. The summed E-state index contributed by atoms with van der Waals surface area (Å²) in [6, 6.07) is 9.29. The van der Waals surface area contributed by atoms with E-state index in [2.05, 4.69) is 15.6 Å². The van der Waals surface area contributed by atoms with Crippen LogP contribution in [-0.4, -0.2) is 58.6 Å². The summed E-state index contributed by atoms with van der Waals surface area (Å²) in [5, 5.41) is 8.12. The van der Waals surface area contributed by atoms with Crippen molar-refractivity contribution in [3.8, 4) is 0 Å². The number of piperidine rings is 1. The van der Waals surface area contributed by atoms with Gasteiger partial charge >= 0.3 is 0 Å². The highest BCUT2D eigenvalue weighted by molar-refractivity contribution is 7.17. The number of nitrogens with one attached hydrogen (secondary N) is 3. The minimum atomic E-state index is -1.13. The Bertz CT molecular complexity index is 1540. The highest BCUT2D eigenvalue weighted by atomic mass is 32.1. The average molecular weight is 491 g/mol. The molecule has 178 valence electrons. The van der Waals surface area contributed by atoms with Crippen LogP contribution in [0.15, 0.2) is 41.9 Å². The van der Waals surface area contributed by atoms with Gasteiger partial charge in [-0.05, 0) is 37.9 Å². The zero-order chi connectivity index (χ0) is 24.3. The van der Waals surface area contributed by atoms with Crippen LogP contribution in [0, 0.1) is 0 Å². The second kappa shape index (κ2) is 7.96. The molecular formula is C25H23FN6O2S. The second-order valence-corrected chi connectivity index (χ2v) is 10.0. The minimum absolute atomic E-state index is 0.125. The summed E-state index contributed by atoms with van der Waals surface area (Å²) in [6.07, 6.45) is 1.19. The standard InChI is InChI=1S/C25H23FN6O2S/c1-25(27-2)8-9-32(12-17(25)26)24-29-15-6-4-3-5-13(15)20(30-24)19-18(22(33)31-23(19)34)14-11-28-16-7-10-35-21(14)16/h3-7,10-11,17,27-28H,8-9,12H2,1-2H3,(H,31,33,34). The highest BCUT2D eigenvalue weighted by Crippen LogP contribution is 2.39. The molecule has 5 heterocycles. The van der Waals surface area contributed by atoms with Gasteiger partial charge in [0.15, 0.2) is 0 Å². The molecule has 0 aliphatic carbocycles. The number of hydrogen-bond donors (Lipinski definition) is 3. The van der Waals surface area contributed by atoms with Crippen LogP contribution in [0.4, 0.5) is 10.3 Å². The number of carbonyl (C=O) groups is 2. The molecule has 4 aromatic rings. The van der Waals surface area contributed by atoms with Gasteiger partial charge in [0.05, 0.1) is 39.1 Å². The van der Waals surface area contributed by atoms with Gasteiger partial charge in [-0.25, -0.2) is 14.4 Å². The van der Waals surface area contributed by atoms with E-state index in [1.54, 1.807) is 13.2 Å². The number of benzene rings is 1. The molecule has 3 N–H and O–H groups in total. The number of nitrogens with zero attached hydrogens (tertiary/aromatic N) is 3. The predicted octanol–water partition coefficient (Wildman–Crippen LogP) is 3.27. The van der Waals surface area contributed by atoms with Gasteiger partial charge < -0.3 is 15.2 Å². The number of fused-ring (bicyclic) bond motifs is 2. The Morgan fingerprint density at radius 2 is 1.97 bits per heavy atom. The molecule has 2 amide bonds. The first-order valence-electron chi connectivity index (χ1n) is 11.4. The van der Waals surface area contributed by atoms with Gasteiger partial charge in [-0.3, -0.25) is 14.9 Å². The molecule has 1 fully saturated rings. The summed E-state index contributed by atoms with van der Waals surface area (Å²) in [4.78, 5) is 40.6. The van der Waals surface area contributed by atoms with Crippen molar-refractivity contribution < 1.29 is 14.0 Å². The molecule has 3 aromatic heterocycles. The number of amides is 2. The van der Waals surface area contributed by atoms with Crippen LogP contribution in [0.2, 0.25) is 0 Å². The van der Waals surface area contributed by atoms with E-state index in [0.29, 0.717) is 41.1 Å². The molecular weight excluding hydrogens is 467 g/mol. The Morgan fingerprint density at radius 1 is 1.17 bits per heavy atom. The van der Waals surface area contributed by atoms with Crippen molar-refractivity contribution in [3.05, 3.63) is 53.2 Å². The smallest absolute Gasteiger partial charge is 0.261 e. The molecule has 8 nitrogen and oxygen atoms in total. The molecule has 2 aliphatic rings. The van der Waals surface area contributed by atoms with Gasteiger partial charge in [0.2, 0.25) is 5.95 Å². The van der Waals surface area contributed by atoms with Gasteiger partial charge in [-0.2, -0.15) is 0 Å². The van der Waals surface area contributed by atoms with Crippen LogP contribution in [0.25, 0.3) is 32.3 Å². The number of imide groups is 1. The molecule has 2 aliphatic heterocycles. The minimum Gasteiger partial charge on any atom is -0.360 e. The molecule has 35 heavy (non-hydrogen) atoms. The van der Waals surface area contributed by atoms with Crippen LogP contribution >= 0.6 is 11.3 Å². The number of rotatable bonds is 4. The zero-order valence-electron chi connectivity index (χ0n) is 19.2. The van der Waals surface area contributed by atoms with Gasteiger partial charge in [0, 0.05) is 29.2 Å². The first-order valence-corrected chi connectivity index (χ1v) is 12.3. The number of para-hydroxylation sites is 1. The first-order chi connectivity index (χ1) is 16.9. The van der Waals surface area contributed by atoms with E-state index in [4.69, 9.17) is 9.97 Å². The van der Waals surface area contributed by atoms with Crippen LogP contribution < -0.4 is 15.5 Å². The van der Waals surface area contributed by atoms with Crippen molar-refractivity contribution in [2.75, 3.05) is 25.0 Å². The fourth-order valence-electron chi connectivity index (χ4n) is 4.84. The molecule has 1 aromatic carbocycles. The molecule has 6 rings (SSSR count). The number of thiophene rings is 1. The van der Waals surface area contributed by atoms with Gasteiger partial charge in [0.1, 0.15) is 6.17 Å². The fraction of sp³-hybridized carbons (Fsp3) is 0.280. The Morgan fingerprint density at radius 3 is 2.77 bits per heavy atom. The quantitative estimate of drug-likeness (QED) is 0.380. The van der Waals surface area contributed by atoms with Crippen molar-refractivity contribution in [2.24, 2.45) is 0 Å². The summed E-state index contributed by atoms with van der Waals surface area (Å²) in [7, 11) is 1.77. The molecule has 0 radical (unpaired) electrons. The van der Waals surface area contributed by atoms with E-state index in [1.807, 2.05) is 47.5 Å². The zero-order valence-corrected chi connectivity index (χ0v) is 20.0. The van der Waals surface area contributed by atoms with Crippen LogP contribution in [0.3, 0.4) is 0 Å². The Labute approximate surface area is 204 Å². The maximum Gasteiger partial charge on any atom is 0.261 e. The van der Waals surface area contributed by atoms with Crippen LogP contribution in [0.1, 0.15) is 24.6 Å². The molecule has 0 saturated carbocycles. The third-order valence-electron chi connectivity index (χ3n) is 7.14. The van der Waals surface area contributed by atoms with Crippen molar-refractivity contribution in [2.45, 2.75) is 25.1 Å². The molecule has 2 atom stereocenters. The number of halogens is 1. The summed E-state index contributed by atoms with van der Waals surface area (Å²) in [5.74, 6) is -0.626. The Kier molecular flexibility index (Phi) is 4.97. The van der Waals surface area contributed by atoms with Gasteiger partial charge in [-0.15, -0.1) is 11.3 Å². The van der Waals surface area contributed by atoms with E-state index in [-0.39, 0.29) is 17.7 Å². The SMILES string of the molecule is CNC1(C)CCN(c2nc(C3=C(c4c[nH]c5ccsc45)C(=O)NC3=O)c3ccccc3n2)CC1F. The molecule has 1 saturated heterocycles. The Balaban J connectivity index is 1.55. The number of aromatic amines is 1. The van der Waals surface area contributed by atoms with E-state index in [0.717, 1.165) is 10.2 Å². The lowest BCUT2D eigenvalue weighted by molar-refractivity contribution is -0.122. The monoisotopic (exact) mass is 490 g/mol. The second-order valence-electron chi connectivity index (χ2n) is 9.12. The van der Waals surface area contributed by atoms with Crippen LogP contribution in [-0.2, 0) is 9.59 Å². The highest BCUT2D eigenvalue weighted by Gasteiger charge is 2.40. The number of aromatic nitrogens is 3. The number of H-pyrrole nitrogens is 1. The first kappa shape index (κ1) is 21.9. The lowest BCUT2D eigenvalue weighted by Crippen LogP contribution is -2.58. The summed E-state index contributed by atoms with van der Waals surface area (Å²) >= 11 is 1.49. The van der Waals surface area contributed by atoms with Crippen molar-refractivity contribution in [3.63, 3.8) is 0 Å². The third kappa shape index (κ3) is 3.35.